The summed E-state index contributed by atoms with van der Waals surface area (Å²) >= 11 is 0. The molecule has 12 nitrogen and oxygen atoms in total. The second-order valence-electron chi connectivity index (χ2n) is 5.95. The Kier molecular flexibility index (Phi) is 11.9. The van der Waals surface area contributed by atoms with Crippen molar-refractivity contribution >= 4 is 23.7 Å². The molecule has 0 rings (SSSR count). The van der Waals surface area contributed by atoms with Gasteiger partial charge in [-0.3, -0.25) is 14.4 Å². The molecule has 0 aliphatic carbocycles. The quantitative estimate of drug-likeness (QED) is 0.143. The molecule has 0 aliphatic heterocycles. The molecule has 3 amide bonds. The SMILES string of the molecule is CC(NC(=O)C(CO)NC(=O)C(N)CO)C(=O)NC(CCCCN)C(=O)O. The van der Waals surface area contributed by atoms with Crippen LogP contribution in [0.15, 0.2) is 0 Å². The van der Waals surface area contributed by atoms with Crippen LogP contribution in [0.4, 0.5) is 0 Å². The maximum absolute atomic E-state index is 12.1. The number of carbonyl (C=O) groups excluding carboxylic acids is 3. The molecule has 0 fully saturated rings. The summed E-state index contributed by atoms with van der Waals surface area (Å²) in [5.41, 5.74) is 10.6. The van der Waals surface area contributed by atoms with Crippen molar-refractivity contribution in [3.63, 3.8) is 0 Å². The number of aliphatic hydroxyl groups excluding tert-OH is 2. The van der Waals surface area contributed by atoms with Crippen molar-refractivity contribution in [3.05, 3.63) is 0 Å². The molecular formula is C15H29N5O7. The predicted molar refractivity (Wildman–Crippen MR) is 94.2 cm³/mol. The van der Waals surface area contributed by atoms with Crippen LogP contribution in [0.25, 0.3) is 0 Å². The molecule has 4 unspecified atom stereocenters. The summed E-state index contributed by atoms with van der Waals surface area (Å²) < 4.78 is 0. The third-order valence-electron chi connectivity index (χ3n) is 3.66. The number of nitrogens with two attached hydrogens (primary N) is 2. The highest BCUT2D eigenvalue weighted by molar-refractivity contribution is 5.93. The van der Waals surface area contributed by atoms with E-state index in [1.54, 1.807) is 0 Å². The van der Waals surface area contributed by atoms with Gasteiger partial charge in [0.2, 0.25) is 17.7 Å². The monoisotopic (exact) mass is 391 g/mol. The van der Waals surface area contributed by atoms with Gasteiger partial charge in [0.1, 0.15) is 24.2 Å². The summed E-state index contributed by atoms with van der Waals surface area (Å²) in [5, 5.41) is 33.9. The smallest absolute Gasteiger partial charge is 0.326 e. The number of unbranched alkanes of at least 4 members (excludes halogenated alkanes) is 1. The van der Waals surface area contributed by atoms with Gasteiger partial charge >= 0.3 is 5.97 Å². The number of amides is 3. The van der Waals surface area contributed by atoms with Gasteiger partial charge in [-0.25, -0.2) is 4.79 Å². The minimum atomic E-state index is -1.38. The predicted octanol–water partition coefficient (Wildman–Crippen LogP) is -4.01. The zero-order valence-electron chi connectivity index (χ0n) is 15.2. The number of aliphatic hydroxyl groups is 2. The van der Waals surface area contributed by atoms with Crippen molar-refractivity contribution in [2.75, 3.05) is 19.8 Å². The average Bonchev–Trinajstić information content (AvgIpc) is 2.63. The summed E-state index contributed by atoms with van der Waals surface area (Å²) in [4.78, 5) is 46.9. The molecule has 12 heteroatoms. The van der Waals surface area contributed by atoms with Crippen molar-refractivity contribution in [3.8, 4) is 0 Å². The Morgan fingerprint density at radius 1 is 0.889 bits per heavy atom. The van der Waals surface area contributed by atoms with E-state index in [4.69, 9.17) is 21.7 Å². The van der Waals surface area contributed by atoms with Crippen LogP contribution in [0, 0.1) is 0 Å². The number of carboxylic acids is 1. The van der Waals surface area contributed by atoms with Gasteiger partial charge in [-0.1, -0.05) is 0 Å². The Hall–Kier alpha value is -2.28. The van der Waals surface area contributed by atoms with Crippen molar-refractivity contribution in [1.82, 2.24) is 16.0 Å². The van der Waals surface area contributed by atoms with Gasteiger partial charge < -0.3 is 42.7 Å². The van der Waals surface area contributed by atoms with Gasteiger partial charge in [0.25, 0.3) is 0 Å². The zero-order chi connectivity index (χ0) is 21.0. The number of carbonyl (C=O) groups is 4. The molecule has 10 N–H and O–H groups in total. The van der Waals surface area contributed by atoms with E-state index < -0.39 is 61.1 Å². The number of nitrogens with one attached hydrogen (secondary N) is 3. The maximum Gasteiger partial charge on any atom is 0.326 e. The van der Waals surface area contributed by atoms with Crippen LogP contribution in [0.5, 0.6) is 0 Å². The molecule has 27 heavy (non-hydrogen) atoms. The lowest BCUT2D eigenvalue weighted by Gasteiger charge is -2.22. The number of aliphatic carboxylic acids is 1. The molecule has 0 bridgehead atoms. The van der Waals surface area contributed by atoms with Gasteiger partial charge in [-0.15, -0.1) is 0 Å². The topological polar surface area (TPSA) is 217 Å². The van der Waals surface area contributed by atoms with E-state index in [0.29, 0.717) is 19.4 Å². The van der Waals surface area contributed by atoms with Crippen LogP contribution in [0.2, 0.25) is 0 Å². The molecule has 0 aliphatic rings. The summed E-state index contributed by atoms with van der Waals surface area (Å²) in [6.07, 6.45) is 1.31. The molecule has 156 valence electrons. The van der Waals surface area contributed by atoms with Gasteiger partial charge in [0.05, 0.1) is 13.2 Å². The highest BCUT2D eigenvalue weighted by atomic mass is 16.4. The van der Waals surface area contributed by atoms with E-state index in [1.807, 2.05) is 0 Å². The Labute approximate surface area is 156 Å². The van der Waals surface area contributed by atoms with Crippen LogP contribution < -0.4 is 27.4 Å². The minimum Gasteiger partial charge on any atom is -0.480 e. The first-order chi connectivity index (χ1) is 12.7. The summed E-state index contributed by atoms with van der Waals surface area (Å²) in [6.45, 7) is 0.314. The van der Waals surface area contributed by atoms with E-state index in [9.17, 15) is 24.3 Å². The number of rotatable bonds is 13. The molecule has 0 saturated heterocycles. The Bertz CT molecular complexity index is 517. The second kappa shape index (κ2) is 13.0. The first-order valence-corrected chi connectivity index (χ1v) is 8.49. The van der Waals surface area contributed by atoms with E-state index >= 15 is 0 Å². The number of hydrogen-bond donors (Lipinski definition) is 8. The third-order valence-corrected chi connectivity index (χ3v) is 3.66. The number of hydrogen-bond acceptors (Lipinski definition) is 8. The van der Waals surface area contributed by atoms with Gasteiger partial charge in [-0.2, -0.15) is 0 Å². The van der Waals surface area contributed by atoms with Crippen LogP contribution in [-0.2, 0) is 19.2 Å². The third kappa shape index (κ3) is 9.28. The Morgan fingerprint density at radius 3 is 1.96 bits per heavy atom. The number of carboxylic acid groups (broad SMARTS) is 1. The van der Waals surface area contributed by atoms with Crippen molar-refractivity contribution in [2.24, 2.45) is 11.5 Å². The summed E-state index contributed by atoms with van der Waals surface area (Å²) in [5.74, 6) is -3.67. The fourth-order valence-corrected chi connectivity index (χ4v) is 1.98. The van der Waals surface area contributed by atoms with Gasteiger partial charge in [0.15, 0.2) is 0 Å². The van der Waals surface area contributed by atoms with Gasteiger partial charge in [0, 0.05) is 0 Å². The Balaban J connectivity index is 4.70. The second-order valence-corrected chi connectivity index (χ2v) is 5.95. The molecule has 0 aromatic rings. The molecule has 0 heterocycles. The molecule has 0 aromatic carbocycles. The first-order valence-electron chi connectivity index (χ1n) is 8.49. The maximum atomic E-state index is 12.1. The summed E-state index contributed by atoms with van der Waals surface area (Å²) in [6, 6.07) is -4.90. The lowest BCUT2D eigenvalue weighted by Crippen LogP contribution is -2.57. The fourth-order valence-electron chi connectivity index (χ4n) is 1.98. The summed E-state index contributed by atoms with van der Waals surface area (Å²) in [7, 11) is 0. The molecule has 0 saturated carbocycles. The average molecular weight is 391 g/mol. The lowest BCUT2D eigenvalue weighted by atomic mass is 10.1. The van der Waals surface area contributed by atoms with Gasteiger partial charge in [-0.05, 0) is 32.7 Å². The normalized spacial score (nSPS) is 15.1. The highest BCUT2D eigenvalue weighted by Crippen LogP contribution is 2.01. The van der Waals surface area contributed by atoms with E-state index in [2.05, 4.69) is 16.0 Å². The zero-order valence-corrected chi connectivity index (χ0v) is 15.2. The molecule has 4 atom stereocenters. The lowest BCUT2D eigenvalue weighted by molar-refractivity contribution is -0.142. The van der Waals surface area contributed by atoms with Crippen LogP contribution >= 0.6 is 0 Å². The van der Waals surface area contributed by atoms with Crippen LogP contribution in [0.1, 0.15) is 26.2 Å². The fraction of sp³-hybridized carbons (Fsp3) is 0.733. The molecule has 0 spiro atoms. The van der Waals surface area contributed by atoms with Crippen molar-refractivity contribution in [1.29, 1.82) is 0 Å². The van der Waals surface area contributed by atoms with E-state index in [0.717, 1.165) is 0 Å². The van der Waals surface area contributed by atoms with Crippen molar-refractivity contribution in [2.45, 2.75) is 50.4 Å². The largest absolute Gasteiger partial charge is 0.480 e. The highest BCUT2D eigenvalue weighted by Gasteiger charge is 2.27. The van der Waals surface area contributed by atoms with Crippen LogP contribution in [0.3, 0.4) is 0 Å². The van der Waals surface area contributed by atoms with Crippen LogP contribution in [-0.4, -0.2) is 82.9 Å². The minimum absolute atomic E-state index is 0.188. The first kappa shape index (κ1) is 24.7. The Morgan fingerprint density at radius 2 is 1.48 bits per heavy atom. The van der Waals surface area contributed by atoms with E-state index in [1.165, 1.54) is 6.92 Å². The molecular weight excluding hydrogens is 362 g/mol. The standard InChI is InChI=1S/C15H29N5O7/c1-8(12(23)19-10(15(26)27)4-2-3-5-16)18-14(25)11(7-22)20-13(24)9(17)6-21/h8-11,21-22H,2-7,16-17H2,1H3,(H,18,25)(H,19,23)(H,20,24)(H,26,27). The van der Waals surface area contributed by atoms with Crippen molar-refractivity contribution < 1.29 is 34.5 Å². The molecule has 0 radical (unpaired) electrons. The molecule has 0 aromatic heterocycles. The van der Waals surface area contributed by atoms with E-state index in [-0.39, 0.29) is 6.42 Å².